The number of aromatic nitrogens is 4. The molecular formula is C20H32N6. The van der Waals surface area contributed by atoms with Gasteiger partial charge in [0.05, 0.1) is 11.6 Å². The number of aryl methyl sites for hydroxylation is 1. The molecule has 6 nitrogen and oxygen atoms in total. The topological polar surface area (TPSA) is 58.9 Å². The minimum Gasteiger partial charge on any atom is -0.369 e. The number of likely N-dealkylation sites (tertiary alicyclic amines) is 1. The Hall–Kier alpha value is -1.69. The second-order valence-electron chi connectivity index (χ2n) is 8.11. The van der Waals surface area contributed by atoms with Crippen molar-refractivity contribution in [1.29, 1.82) is 0 Å². The van der Waals surface area contributed by atoms with Gasteiger partial charge in [0.25, 0.3) is 0 Å². The van der Waals surface area contributed by atoms with Crippen LogP contribution in [0, 0.1) is 5.92 Å². The summed E-state index contributed by atoms with van der Waals surface area (Å²) in [6.07, 6.45) is 10.8. The monoisotopic (exact) mass is 356 g/mol. The van der Waals surface area contributed by atoms with Crippen LogP contribution in [0.1, 0.15) is 63.6 Å². The number of fused-ring (bicyclic) bond motifs is 1. The maximum absolute atomic E-state index is 4.95. The number of rotatable bonds is 6. The summed E-state index contributed by atoms with van der Waals surface area (Å²) in [6, 6.07) is 0. The molecule has 26 heavy (non-hydrogen) atoms. The first kappa shape index (κ1) is 17.7. The lowest BCUT2D eigenvalue weighted by molar-refractivity contribution is 0.181. The van der Waals surface area contributed by atoms with E-state index in [0.29, 0.717) is 11.8 Å². The van der Waals surface area contributed by atoms with Crippen LogP contribution >= 0.6 is 0 Å². The first-order valence-corrected chi connectivity index (χ1v) is 10.4. The Balaban J connectivity index is 1.51. The van der Waals surface area contributed by atoms with E-state index in [2.05, 4.69) is 22.2 Å². The average molecular weight is 357 g/mol. The van der Waals surface area contributed by atoms with Crippen LogP contribution < -0.4 is 5.32 Å². The van der Waals surface area contributed by atoms with Crippen molar-refractivity contribution in [2.45, 2.75) is 57.8 Å². The van der Waals surface area contributed by atoms with Gasteiger partial charge in [0.2, 0.25) is 0 Å². The van der Waals surface area contributed by atoms with Crippen molar-refractivity contribution in [2.75, 3.05) is 31.5 Å². The van der Waals surface area contributed by atoms with Crippen LogP contribution in [0.25, 0.3) is 11.0 Å². The van der Waals surface area contributed by atoms with Gasteiger partial charge in [-0.3, -0.25) is 4.68 Å². The van der Waals surface area contributed by atoms with E-state index < -0.39 is 0 Å². The first-order valence-electron chi connectivity index (χ1n) is 10.4. The molecule has 4 rings (SSSR count). The van der Waals surface area contributed by atoms with Crippen LogP contribution in [-0.2, 0) is 7.05 Å². The summed E-state index contributed by atoms with van der Waals surface area (Å²) in [5, 5.41) is 9.14. The summed E-state index contributed by atoms with van der Waals surface area (Å²) in [6.45, 7) is 6.95. The zero-order valence-electron chi connectivity index (χ0n) is 16.2. The SMILES string of the molecule is CCCN1CCC[C@H](CNc2nc(C3CCCC3)nc3c2cnn3C)C1. The summed E-state index contributed by atoms with van der Waals surface area (Å²) >= 11 is 0. The highest BCUT2D eigenvalue weighted by Crippen LogP contribution is 2.34. The van der Waals surface area contributed by atoms with E-state index in [1.54, 1.807) is 0 Å². The Labute approximate surface area is 156 Å². The number of hydrogen-bond donors (Lipinski definition) is 1. The number of anilines is 1. The van der Waals surface area contributed by atoms with Crippen molar-refractivity contribution in [3.05, 3.63) is 12.0 Å². The highest BCUT2D eigenvalue weighted by Gasteiger charge is 2.23. The molecule has 1 aliphatic carbocycles. The van der Waals surface area contributed by atoms with Crippen molar-refractivity contribution < 1.29 is 0 Å². The van der Waals surface area contributed by atoms with Crippen LogP contribution in [0.15, 0.2) is 6.20 Å². The quantitative estimate of drug-likeness (QED) is 0.858. The Morgan fingerprint density at radius 1 is 1.15 bits per heavy atom. The third-order valence-electron chi connectivity index (χ3n) is 6.03. The number of nitrogens with zero attached hydrogens (tertiary/aromatic N) is 5. The first-order chi connectivity index (χ1) is 12.7. The molecule has 1 saturated carbocycles. The lowest BCUT2D eigenvalue weighted by Gasteiger charge is -2.32. The third kappa shape index (κ3) is 3.70. The molecule has 0 aromatic carbocycles. The van der Waals surface area contributed by atoms with E-state index in [0.717, 1.165) is 29.2 Å². The summed E-state index contributed by atoms with van der Waals surface area (Å²) in [7, 11) is 1.97. The summed E-state index contributed by atoms with van der Waals surface area (Å²) < 4.78 is 1.88. The fourth-order valence-electron chi connectivity index (χ4n) is 4.62. The summed E-state index contributed by atoms with van der Waals surface area (Å²) in [5.41, 5.74) is 0.959. The van der Waals surface area contributed by atoms with Gasteiger partial charge in [0, 0.05) is 26.1 Å². The van der Waals surface area contributed by atoms with Crippen LogP contribution in [0.5, 0.6) is 0 Å². The Morgan fingerprint density at radius 2 is 2.00 bits per heavy atom. The van der Waals surface area contributed by atoms with Crippen LogP contribution in [0.3, 0.4) is 0 Å². The Kier molecular flexibility index (Phi) is 5.38. The second kappa shape index (κ2) is 7.91. The standard InChI is InChI=1S/C20H32N6/c1-3-10-26-11-6-7-15(14-26)12-21-19-17-13-22-25(2)20(17)24-18(23-19)16-8-4-5-9-16/h13,15-16H,3-12,14H2,1-2H3,(H,21,23,24)/t15-/m1/s1. The minimum atomic E-state index is 0.518. The smallest absolute Gasteiger partial charge is 0.163 e. The zero-order valence-corrected chi connectivity index (χ0v) is 16.2. The molecule has 0 unspecified atom stereocenters. The lowest BCUT2D eigenvalue weighted by atomic mass is 9.98. The van der Waals surface area contributed by atoms with Crippen LogP contribution in [-0.4, -0.2) is 50.8 Å². The molecule has 1 saturated heterocycles. The maximum Gasteiger partial charge on any atom is 0.163 e. The van der Waals surface area contributed by atoms with E-state index in [-0.39, 0.29) is 0 Å². The second-order valence-corrected chi connectivity index (χ2v) is 8.11. The Bertz CT molecular complexity index is 731. The molecule has 0 bridgehead atoms. The van der Waals surface area contributed by atoms with Gasteiger partial charge in [-0.1, -0.05) is 19.8 Å². The van der Waals surface area contributed by atoms with E-state index in [9.17, 15) is 0 Å². The molecule has 1 atom stereocenters. The lowest BCUT2D eigenvalue weighted by Crippen LogP contribution is -2.38. The van der Waals surface area contributed by atoms with Crippen LogP contribution in [0.2, 0.25) is 0 Å². The summed E-state index contributed by atoms with van der Waals surface area (Å²) in [5.74, 6) is 3.21. The Morgan fingerprint density at radius 3 is 2.81 bits per heavy atom. The molecule has 0 spiro atoms. The normalized spacial score (nSPS) is 22.3. The van der Waals surface area contributed by atoms with Gasteiger partial charge in [-0.15, -0.1) is 0 Å². The molecule has 3 heterocycles. The van der Waals surface area contributed by atoms with Gasteiger partial charge in [-0.25, -0.2) is 9.97 Å². The van der Waals surface area contributed by atoms with Crippen molar-refractivity contribution in [2.24, 2.45) is 13.0 Å². The largest absolute Gasteiger partial charge is 0.369 e. The maximum atomic E-state index is 4.95. The molecule has 2 fully saturated rings. The fraction of sp³-hybridized carbons (Fsp3) is 0.750. The van der Waals surface area contributed by atoms with Gasteiger partial charge >= 0.3 is 0 Å². The van der Waals surface area contributed by atoms with Gasteiger partial charge in [0.1, 0.15) is 11.6 Å². The molecule has 0 radical (unpaired) electrons. The highest BCUT2D eigenvalue weighted by atomic mass is 15.3. The van der Waals surface area contributed by atoms with Crippen molar-refractivity contribution in [3.63, 3.8) is 0 Å². The van der Waals surface area contributed by atoms with Gasteiger partial charge in [-0.2, -0.15) is 5.10 Å². The van der Waals surface area contributed by atoms with Gasteiger partial charge < -0.3 is 10.2 Å². The molecule has 1 aliphatic heterocycles. The minimum absolute atomic E-state index is 0.518. The summed E-state index contributed by atoms with van der Waals surface area (Å²) in [4.78, 5) is 12.4. The van der Waals surface area contributed by atoms with Gasteiger partial charge in [-0.05, 0) is 51.1 Å². The molecule has 2 aliphatic rings. The van der Waals surface area contributed by atoms with Crippen LogP contribution in [0.4, 0.5) is 5.82 Å². The fourth-order valence-corrected chi connectivity index (χ4v) is 4.62. The van der Waals surface area contributed by atoms with Crippen molar-refractivity contribution in [1.82, 2.24) is 24.6 Å². The molecule has 6 heteroatoms. The molecule has 0 amide bonds. The number of nitrogens with one attached hydrogen (secondary N) is 1. The predicted octanol–water partition coefficient (Wildman–Crippen LogP) is 3.55. The number of hydrogen-bond acceptors (Lipinski definition) is 5. The number of piperidine rings is 1. The molecule has 2 aromatic heterocycles. The van der Waals surface area contributed by atoms with Crippen molar-refractivity contribution in [3.8, 4) is 0 Å². The molecular weight excluding hydrogens is 324 g/mol. The van der Waals surface area contributed by atoms with E-state index in [1.165, 1.54) is 64.6 Å². The van der Waals surface area contributed by atoms with E-state index in [1.807, 2.05) is 17.9 Å². The van der Waals surface area contributed by atoms with E-state index in [4.69, 9.17) is 9.97 Å². The van der Waals surface area contributed by atoms with Crippen molar-refractivity contribution >= 4 is 16.9 Å². The van der Waals surface area contributed by atoms with Gasteiger partial charge in [0.15, 0.2) is 5.65 Å². The zero-order chi connectivity index (χ0) is 17.9. The predicted molar refractivity (Wildman–Crippen MR) is 105 cm³/mol. The highest BCUT2D eigenvalue weighted by molar-refractivity contribution is 5.86. The molecule has 1 N–H and O–H groups in total. The third-order valence-corrected chi connectivity index (χ3v) is 6.03. The molecule has 142 valence electrons. The van der Waals surface area contributed by atoms with E-state index >= 15 is 0 Å². The molecule has 2 aromatic rings. The average Bonchev–Trinajstić information content (AvgIpc) is 3.31.